The molecule has 0 saturated carbocycles. The number of hydrogen-bond donors (Lipinski definition) is 0. The molecule has 0 radical (unpaired) electrons. The van der Waals surface area contributed by atoms with Crippen molar-refractivity contribution in [1.29, 1.82) is 0 Å². The summed E-state index contributed by atoms with van der Waals surface area (Å²) in [5.74, 6) is -0.167. The number of nitrogens with zero attached hydrogens (tertiary/aromatic N) is 2. The highest BCUT2D eigenvalue weighted by molar-refractivity contribution is 7.99. The average Bonchev–Trinajstić information content (AvgIpc) is 3.36. The van der Waals surface area contributed by atoms with Gasteiger partial charge in [0.05, 0.1) is 6.26 Å². The number of esters is 1. The highest BCUT2D eigenvalue weighted by atomic mass is 32.2. The third-order valence-electron chi connectivity index (χ3n) is 4.45. The molecule has 28 heavy (non-hydrogen) atoms. The fourth-order valence-electron chi connectivity index (χ4n) is 3.14. The van der Waals surface area contributed by atoms with Gasteiger partial charge in [0, 0.05) is 24.9 Å². The van der Waals surface area contributed by atoms with Gasteiger partial charge >= 0.3 is 5.97 Å². The minimum absolute atomic E-state index is 0.251. The van der Waals surface area contributed by atoms with E-state index in [0.717, 1.165) is 5.69 Å². The summed E-state index contributed by atoms with van der Waals surface area (Å²) in [4.78, 5) is 40.2. The number of furan rings is 1. The summed E-state index contributed by atoms with van der Waals surface area (Å²) in [6.45, 7) is 3.34. The van der Waals surface area contributed by atoms with E-state index in [1.807, 2.05) is 37.3 Å². The molecule has 1 aliphatic rings. The first kappa shape index (κ1) is 20.0. The lowest BCUT2D eigenvalue weighted by Gasteiger charge is -2.26. The number of carbonyl (C=O) groups is 3. The molecule has 1 aliphatic heterocycles. The molecule has 2 amide bonds. The highest BCUT2D eigenvalue weighted by Crippen LogP contribution is 2.41. The second-order valence-corrected chi connectivity index (χ2v) is 7.34. The fraction of sp³-hybridized carbons (Fsp3) is 0.350. The molecule has 0 aliphatic carbocycles. The topological polar surface area (TPSA) is 80.1 Å². The first-order valence-corrected chi connectivity index (χ1v) is 10.0. The van der Waals surface area contributed by atoms with Gasteiger partial charge in [0.1, 0.15) is 17.2 Å². The normalized spacial score (nSPS) is 18.7. The van der Waals surface area contributed by atoms with Crippen molar-refractivity contribution >= 4 is 35.2 Å². The van der Waals surface area contributed by atoms with Crippen LogP contribution in [0.3, 0.4) is 0 Å². The quantitative estimate of drug-likeness (QED) is 0.692. The van der Waals surface area contributed by atoms with E-state index in [4.69, 9.17) is 9.15 Å². The Morgan fingerprint density at radius 2 is 1.96 bits per heavy atom. The van der Waals surface area contributed by atoms with Gasteiger partial charge in [-0.3, -0.25) is 9.59 Å². The standard InChI is InChI=1S/C20H22N2O5S/c1-3-21(15-8-5-4-6-9-15)18(24)12-27-20(25)16-13-28-19(22(16)14(2)23)17-10-7-11-26-17/h4-11,16,19H,3,12-13H2,1-2H3/t16-,19+/m0/s1. The maximum Gasteiger partial charge on any atom is 0.330 e. The molecule has 0 unspecified atom stereocenters. The summed E-state index contributed by atoms with van der Waals surface area (Å²) < 4.78 is 10.7. The van der Waals surface area contributed by atoms with Crippen molar-refractivity contribution in [3.8, 4) is 0 Å². The van der Waals surface area contributed by atoms with Gasteiger partial charge in [0.15, 0.2) is 6.61 Å². The smallest absolute Gasteiger partial charge is 0.330 e. The van der Waals surface area contributed by atoms with Gasteiger partial charge in [-0.05, 0) is 31.2 Å². The Balaban J connectivity index is 1.64. The number of likely N-dealkylation sites (N-methyl/N-ethyl adjacent to an activating group) is 1. The van der Waals surface area contributed by atoms with Crippen LogP contribution in [0.25, 0.3) is 0 Å². The molecular weight excluding hydrogens is 380 g/mol. The SMILES string of the molecule is CCN(C(=O)COC(=O)[C@@H]1CS[C@H](c2ccco2)N1C(C)=O)c1ccccc1. The maximum atomic E-state index is 12.6. The first-order chi connectivity index (χ1) is 13.5. The van der Waals surface area contributed by atoms with Gasteiger partial charge in [-0.2, -0.15) is 0 Å². The first-order valence-electron chi connectivity index (χ1n) is 8.99. The van der Waals surface area contributed by atoms with Crippen LogP contribution in [0, 0.1) is 0 Å². The molecule has 1 fully saturated rings. The Kier molecular flexibility index (Phi) is 6.41. The maximum absolute atomic E-state index is 12.6. The fourth-order valence-corrected chi connectivity index (χ4v) is 4.56. The summed E-state index contributed by atoms with van der Waals surface area (Å²) in [5, 5.41) is -0.378. The summed E-state index contributed by atoms with van der Waals surface area (Å²) in [5.41, 5.74) is 0.741. The van der Waals surface area contributed by atoms with Crippen molar-refractivity contribution < 1.29 is 23.5 Å². The number of hydrogen-bond acceptors (Lipinski definition) is 6. The van der Waals surface area contributed by atoms with E-state index in [-0.39, 0.29) is 23.8 Å². The number of anilines is 1. The van der Waals surface area contributed by atoms with E-state index in [0.29, 0.717) is 18.1 Å². The lowest BCUT2D eigenvalue weighted by Crippen LogP contribution is -2.44. The molecule has 7 nitrogen and oxygen atoms in total. The van der Waals surface area contributed by atoms with Gasteiger partial charge in [-0.1, -0.05) is 18.2 Å². The molecule has 3 rings (SSSR count). The number of benzene rings is 1. The van der Waals surface area contributed by atoms with E-state index in [1.165, 1.54) is 29.8 Å². The second kappa shape index (κ2) is 8.97. The van der Waals surface area contributed by atoms with Crippen LogP contribution in [0.2, 0.25) is 0 Å². The number of carbonyl (C=O) groups excluding carboxylic acids is 3. The molecule has 8 heteroatoms. The van der Waals surface area contributed by atoms with Crippen molar-refractivity contribution in [3.05, 3.63) is 54.5 Å². The third kappa shape index (κ3) is 4.22. The average molecular weight is 402 g/mol. The lowest BCUT2D eigenvalue weighted by atomic mass is 10.2. The number of rotatable bonds is 6. The molecule has 2 heterocycles. The summed E-state index contributed by atoms with van der Waals surface area (Å²) in [6, 6.07) is 11.9. The molecular formula is C20H22N2O5S. The predicted octanol–water partition coefficient (Wildman–Crippen LogP) is 2.84. The largest absolute Gasteiger partial charge is 0.466 e. The van der Waals surface area contributed by atoms with Crippen LogP contribution >= 0.6 is 11.8 Å². The van der Waals surface area contributed by atoms with E-state index < -0.39 is 12.0 Å². The van der Waals surface area contributed by atoms with Gasteiger partial charge < -0.3 is 19.0 Å². The summed E-state index contributed by atoms with van der Waals surface area (Å²) in [7, 11) is 0. The molecule has 1 aromatic carbocycles. The predicted molar refractivity (Wildman–Crippen MR) is 106 cm³/mol. The van der Waals surface area contributed by atoms with E-state index >= 15 is 0 Å². The van der Waals surface area contributed by atoms with Gasteiger partial charge in [0.2, 0.25) is 5.91 Å². The number of thioether (sulfide) groups is 1. The zero-order valence-corrected chi connectivity index (χ0v) is 16.6. The van der Waals surface area contributed by atoms with E-state index in [1.54, 1.807) is 17.0 Å². The van der Waals surface area contributed by atoms with Crippen molar-refractivity contribution in [3.63, 3.8) is 0 Å². The number of ether oxygens (including phenoxy) is 1. The molecule has 148 valence electrons. The molecule has 2 aromatic rings. The van der Waals surface area contributed by atoms with E-state index in [2.05, 4.69) is 0 Å². The van der Waals surface area contributed by atoms with Crippen molar-refractivity contribution in [2.45, 2.75) is 25.3 Å². The minimum atomic E-state index is -0.753. The molecule has 0 spiro atoms. The number of amides is 2. The zero-order valence-electron chi connectivity index (χ0n) is 15.7. The van der Waals surface area contributed by atoms with Crippen LogP contribution in [-0.2, 0) is 19.1 Å². The third-order valence-corrected chi connectivity index (χ3v) is 5.73. The molecule has 2 atom stereocenters. The van der Waals surface area contributed by atoms with Crippen molar-refractivity contribution in [2.24, 2.45) is 0 Å². The molecule has 1 aromatic heterocycles. The summed E-state index contributed by atoms with van der Waals surface area (Å²) >= 11 is 1.43. The highest BCUT2D eigenvalue weighted by Gasteiger charge is 2.43. The molecule has 1 saturated heterocycles. The zero-order chi connectivity index (χ0) is 20.1. The van der Waals surface area contributed by atoms with Gasteiger partial charge in [0.25, 0.3) is 5.91 Å². The Morgan fingerprint density at radius 1 is 1.21 bits per heavy atom. The summed E-state index contributed by atoms with van der Waals surface area (Å²) in [6.07, 6.45) is 1.53. The number of para-hydroxylation sites is 1. The van der Waals surface area contributed by atoms with Gasteiger partial charge in [-0.15, -0.1) is 11.8 Å². The second-order valence-electron chi connectivity index (χ2n) is 6.22. The Bertz CT molecular complexity index is 824. The minimum Gasteiger partial charge on any atom is -0.466 e. The molecule has 0 N–H and O–H groups in total. The van der Waals surface area contributed by atoms with Gasteiger partial charge in [-0.25, -0.2) is 4.79 Å². The Labute approximate surface area is 167 Å². The Morgan fingerprint density at radius 3 is 2.57 bits per heavy atom. The van der Waals surface area contributed by atoms with Crippen molar-refractivity contribution in [2.75, 3.05) is 23.8 Å². The van der Waals surface area contributed by atoms with E-state index in [9.17, 15) is 14.4 Å². The lowest BCUT2D eigenvalue weighted by molar-refractivity contribution is -0.155. The van der Waals surface area contributed by atoms with Crippen molar-refractivity contribution in [1.82, 2.24) is 4.90 Å². The molecule has 0 bridgehead atoms. The van der Waals surface area contributed by atoms with Crippen LogP contribution < -0.4 is 4.90 Å². The van der Waals surface area contributed by atoms with Crippen LogP contribution in [0.1, 0.15) is 25.0 Å². The van der Waals surface area contributed by atoms with Crippen LogP contribution in [0.4, 0.5) is 5.69 Å². The Hall–Kier alpha value is -2.74. The van der Waals surface area contributed by atoms with Crippen LogP contribution in [0.5, 0.6) is 0 Å². The van der Waals surface area contributed by atoms with Crippen LogP contribution in [-0.4, -0.2) is 47.6 Å². The monoisotopic (exact) mass is 402 g/mol. The van der Waals surface area contributed by atoms with Crippen LogP contribution in [0.15, 0.2) is 53.1 Å².